The van der Waals surface area contributed by atoms with E-state index in [1.807, 2.05) is 12.1 Å². The van der Waals surface area contributed by atoms with Crippen LogP contribution in [-0.2, 0) is 0 Å². The fourth-order valence-electron chi connectivity index (χ4n) is 2.07. The van der Waals surface area contributed by atoms with Gasteiger partial charge in [-0.25, -0.2) is 4.98 Å². The predicted octanol–water partition coefficient (Wildman–Crippen LogP) is 3.01. The molecule has 0 saturated carbocycles. The Morgan fingerprint density at radius 1 is 1.32 bits per heavy atom. The molecule has 0 spiro atoms. The fraction of sp³-hybridized carbons (Fsp3) is 0.667. The van der Waals surface area contributed by atoms with Gasteiger partial charge in [-0.3, -0.25) is 0 Å². The van der Waals surface area contributed by atoms with Crippen molar-refractivity contribution in [3.63, 3.8) is 0 Å². The Kier molecular flexibility index (Phi) is 7.26. The van der Waals surface area contributed by atoms with E-state index in [0.29, 0.717) is 6.04 Å². The topological polar surface area (TPSA) is 37.4 Å². The van der Waals surface area contributed by atoms with Gasteiger partial charge in [0.05, 0.1) is 13.3 Å². The Morgan fingerprint density at radius 2 is 2.05 bits per heavy atom. The van der Waals surface area contributed by atoms with Crippen LogP contribution in [-0.4, -0.2) is 42.7 Å². The fourth-order valence-corrected chi connectivity index (χ4v) is 2.07. The summed E-state index contributed by atoms with van der Waals surface area (Å²) < 4.78 is 5.09. The van der Waals surface area contributed by atoms with E-state index in [9.17, 15) is 0 Å². The normalized spacial score (nSPS) is 12.5. The Labute approximate surface area is 117 Å². The van der Waals surface area contributed by atoms with Crippen LogP contribution < -0.4 is 10.1 Å². The summed E-state index contributed by atoms with van der Waals surface area (Å²) in [7, 11) is 1.65. The Balaban J connectivity index is 2.28. The highest BCUT2D eigenvalue weighted by Gasteiger charge is 2.05. The third kappa shape index (κ3) is 5.92. The molecule has 0 aliphatic rings. The van der Waals surface area contributed by atoms with Gasteiger partial charge in [0.2, 0.25) is 0 Å². The minimum atomic E-state index is 0.441. The van der Waals surface area contributed by atoms with Gasteiger partial charge in [0.25, 0.3) is 0 Å². The van der Waals surface area contributed by atoms with Crippen molar-refractivity contribution in [2.24, 2.45) is 0 Å². The molecule has 0 amide bonds. The largest absolute Gasteiger partial charge is 0.495 e. The molecule has 4 heteroatoms. The van der Waals surface area contributed by atoms with Crippen LogP contribution in [0.15, 0.2) is 18.3 Å². The molecule has 0 aliphatic carbocycles. The minimum absolute atomic E-state index is 0.441. The summed E-state index contributed by atoms with van der Waals surface area (Å²) >= 11 is 0. The first-order valence-corrected chi connectivity index (χ1v) is 7.18. The zero-order valence-corrected chi connectivity index (χ0v) is 12.6. The van der Waals surface area contributed by atoms with Crippen molar-refractivity contribution in [2.45, 2.75) is 39.7 Å². The van der Waals surface area contributed by atoms with E-state index in [1.54, 1.807) is 13.3 Å². The molecule has 0 fully saturated rings. The second-order valence-corrected chi connectivity index (χ2v) is 4.80. The number of anilines is 1. The molecule has 0 bridgehead atoms. The SMILES string of the molecule is CCN(CC)CCCC(C)Nc1ccc(OC)cn1. The summed E-state index contributed by atoms with van der Waals surface area (Å²) in [4.78, 5) is 6.78. The monoisotopic (exact) mass is 265 g/mol. The number of pyridine rings is 1. The smallest absolute Gasteiger partial charge is 0.137 e. The maximum Gasteiger partial charge on any atom is 0.137 e. The second kappa shape index (κ2) is 8.75. The molecule has 1 N–H and O–H groups in total. The van der Waals surface area contributed by atoms with Crippen LogP contribution in [0.4, 0.5) is 5.82 Å². The van der Waals surface area contributed by atoms with Crippen LogP contribution >= 0.6 is 0 Å². The standard InChI is InChI=1S/C15H27N3O/c1-5-18(6-2)11-7-8-13(3)17-15-10-9-14(19-4)12-16-15/h9-10,12-13H,5-8,11H2,1-4H3,(H,16,17). The van der Waals surface area contributed by atoms with Gasteiger partial charge < -0.3 is 15.0 Å². The van der Waals surface area contributed by atoms with Crippen molar-refractivity contribution in [1.29, 1.82) is 0 Å². The average Bonchev–Trinajstić information content (AvgIpc) is 2.44. The van der Waals surface area contributed by atoms with Crippen LogP contribution in [0.1, 0.15) is 33.6 Å². The molecule has 0 aromatic carbocycles. The van der Waals surface area contributed by atoms with Crippen LogP contribution in [0.5, 0.6) is 5.75 Å². The highest BCUT2D eigenvalue weighted by Crippen LogP contribution is 2.13. The molecular formula is C15H27N3O. The van der Waals surface area contributed by atoms with E-state index >= 15 is 0 Å². The van der Waals surface area contributed by atoms with Gasteiger partial charge >= 0.3 is 0 Å². The van der Waals surface area contributed by atoms with Gasteiger partial charge in [-0.15, -0.1) is 0 Å². The molecule has 1 aromatic heterocycles. The molecule has 1 rings (SSSR count). The molecule has 19 heavy (non-hydrogen) atoms. The Morgan fingerprint density at radius 3 is 2.58 bits per heavy atom. The lowest BCUT2D eigenvalue weighted by Gasteiger charge is -2.20. The number of aromatic nitrogens is 1. The zero-order chi connectivity index (χ0) is 14.1. The van der Waals surface area contributed by atoms with E-state index in [0.717, 1.165) is 31.1 Å². The first-order chi connectivity index (χ1) is 9.19. The molecule has 1 heterocycles. The second-order valence-electron chi connectivity index (χ2n) is 4.80. The molecule has 1 aromatic rings. The molecule has 4 nitrogen and oxygen atoms in total. The molecule has 108 valence electrons. The summed E-state index contributed by atoms with van der Waals surface area (Å²) in [5.74, 6) is 1.70. The van der Waals surface area contributed by atoms with Crippen molar-refractivity contribution in [3.05, 3.63) is 18.3 Å². The molecule has 1 atom stereocenters. The Hall–Kier alpha value is -1.29. The lowest BCUT2D eigenvalue weighted by atomic mass is 10.1. The predicted molar refractivity (Wildman–Crippen MR) is 80.9 cm³/mol. The summed E-state index contributed by atoms with van der Waals surface area (Å²) in [6.07, 6.45) is 4.11. The van der Waals surface area contributed by atoms with Crippen LogP contribution in [0.25, 0.3) is 0 Å². The van der Waals surface area contributed by atoms with E-state index in [2.05, 4.69) is 36.0 Å². The van der Waals surface area contributed by atoms with Gasteiger partial charge in [0.1, 0.15) is 11.6 Å². The van der Waals surface area contributed by atoms with Crippen molar-refractivity contribution >= 4 is 5.82 Å². The molecule has 0 aliphatic heterocycles. The first kappa shape index (κ1) is 15.8. The number of methoxy groups -OCH3 is 1. The van der Waals surface area contributed by atoms with Crippen molar-refractivity contribution in [3.8, 4) is 5.75 Å². The van der Waals surface area contributed by atoms with Crippen molar-refractivity contribution < 1.29 is 4.74 Å². The lowest BCUT2D eigenvalue weighted by molar-refractivity contribution is 0.295. The summed E-state index contributed by atoms with van der Waals surface area (Å²) in [6.45, 7) is 10.1. The highest BCUT2D eigenvalue weighted by atomic mass is 16.5. The van der Waals surface area contributed by atoms with Crippen LogP contribution in [0, 0.1) is 0 Å². The average molecular weight is 265 g/mol. The van der Waals surface area contributed by atoms with Gasteiger partial charge in [-0.1, -0.05) is 13.8 Å². The molecule has 0 radical (unpaired) electrons. The third-order valence-corrected chi connectivity index (χ3v) is 3.37. The number of rotatable bonds is 9. The maximum absolute atomic E-state index is 5.09. The van der Waals surface area contributed by atoms with E-state index < -0.39 is 0 Å². The minimum Gasteiger partial charge on any atom is -0.495 e. The van der Waals surface area contributed by atoms with E-state index in [-0.39, 0.29) is 0 Å². The lowest BCUT2D eigenvalue weighted by Crippen LogP contribution is -2.25. The van der Waals surface area contributed by atoms with Gasteiger partial charge in [-0.05, 0) is 51.5 Å². The Bertz CT molecular complexity index is 336. The van der Waals surface area contributed by atoms with E-state index in [1.165, 1.54) is 13.0 Å². The highest BCUT2D eigenvalue weighted by molar-refractivity contribution is 5.38. The van der Waals surface area contributed by atoms with Crippen molar-refractivity contribution in [1.82, 2.24) is 9.88 Å². The van der Waals surface area contributed by atoms with Crippen LogP contribution in [0.3, 0.4) is 0 Å². The van der Waals surface area contributed by atoms with Gasteiger partial charge in [0.15, 0.2) is 0 Å². The number of nitrogens with one attached hydrogen (secondary N) is 1. The summed E-state index contributed by atoms with van der Waals surface area (Å²) in [5, 5.41) is 3.42. The van der Waals surface area contributed by atoms with Gasteiger partial charge in [0, 0.05) is 6.04 Å². The number of hydrogen-bond acceptors (Lipinski definition) is 4. The zero-order valence-electron chi connectivity index (χ0n) is 12.6. The molecule has 0 saturated heterocycles. The summed E-state index contributed by atoms with van der Waals surface area (Å²) in [5.41, 5.74) is 0. The van der Waals surface area contributed by atoms with Crippen LogP contribution in [0.2, 0.25) is 0 Å². The van der Waals surface area contributed by atoms with E-state index in [4.69, 9.17) is 4.74 Å². The molecule has 1 unspecified atom stereocenters. The quantitative estimate of drug-likeness (QED) is 0.745. The summed E-state index contributed by atoms with van der Waals surface area (Å²) in [6, 6.07) is 4.33. The van der Waals surface area contributed by atoms with Crippen molar-refractivity contribution in [2.75, 3.05) is 32.1 Å². The number of ether oxygens (including phenoxy) is 1. The number of hydrogen-bond donors (Lipinski definition) is 1. The van der Waals surface area contributed by atoms with Gasteiger partial charge in [-0.2, -0.15) is 0 Å². The molecular weight excluding hydrogens is 238 g/mol. The number of nitrogens with zero attached hydrogens (tertiary/aromatic N) is 2. The maximum atomic E-state index is 5.09. The first-order valence-electron chi connectivity index (χ1n) is 7.18. The third-order valence-electron chi connectivity index (χ3n) is 3.37.